The van der Waals surface area contributed by atoms with Crippen LogP contribution in [0.1, 0.15) is 57.5 Å². The van der Waals surface area contributed by atoms with Crippen molar-refractivity contribution in [3.05, 3.63) is 141 Å². The number of piperazine rings is 1. The Labute approximate surface area is 287 Å². The third-order valence-electron chi connectivity index (χ3n) is 9.42. The third-order valence-corrected chi connectivity index (χ3v) is 9.42. The highest BCUT2D eigenvalue weighted by Crippen LogP contribution is 2.42. The molecule has 7 nitrogen and oxygen atoms in total. The van der Waals surface area contributed by atoms with Gasteiger partial charge in [-0.1, -0.05) is 85.8 Å². The van der Waals surface area contributed by atoms with Gasteiger partial charge >= 0.3 is 0 Å². The second-order valence-electron chi connectivity index (χ2n) is 12.8. The van der Waals surface area contributed by atoms with Crippen LogP contribution >= 0.6 is 0 Å². The molecule has 264 valence electrons. The Kier molecular flexibility index (Phi) is 11.2. The summed E-state index contributed by atoms with van der Waals surface area (Å²) < 4.78 is 82.0. The summed E-state index contributed by atoms with van der Waals surface area (Å²) in [6.07, 6.45) is -1.24. The molecule has 6 rings (SSSR count). The minimum absolute atomic E-state index is 0.00927. The van der Waals surface area contributed by atoms with Crippen molar-refractivity contribution >= 4 is 5.91 Å². The van der Waals surface area contributed by atoms with E-state index in [4.69, 9.17) is 9.47 Å². The number of nitrogens with zero attached hydrogens (tertiary/aromatic N) is 2. The average molecular weight is 696 g/mol. The lowest BCUT2D eigenvalue weighted by Crippen LogP contribution is -2.51. The van der Waals surface area contributed by atoms with E-state index in [9.17, 15) is 31.9 Å². The largest absolute Gasteiger partial charge is 0.392 e. The Morgan fingerprint density at radius 3 is 1.90 bits per heavy atom. The van der Waals surface area contributed by atoms with Crippen LogP contribution in [0.2, 0.25) is 0 Å². The summed E-state index contributed by atoms with van der Waals surface area (Å²) in [6, 6.07) is 24.8. The Hall–Kier alpha value is -4.20. The monoisotopic (exact) mass is 695 g/mol. The Morgan fingerprint density at radius 2 is 1.28 bits per heavy atom. The minimum Gasteiger partial charge on any atom is -0.392 e. The van der Waals surface area contributed by atoms with Crippen molar-refractivity contribution in [2.45, 2.75) is 45.1 Å². The second kappa shape index (κ2) is 15.8. The molecular formula is C38H38F5N3O4. The highest BCUT2D eigenvalue weighted by atomic mass is 19.2. The van der Waals surface area contributed by atoms with E-state index in [1.807, 2.05) is 30.3 Å². The van der Waals surface area contributed by atoms with Gasteiger partial charge in [-0.2, -0.15) is 0 Å². The van der Waals surface area contributed by atoms with Gasteiger partial charge in [-0.25, -0.2) is 22.0 Å². The molecule has 50 heavy (non-hydrogen) atoms. The number of hydrogen-bond donors (Lipinski definition) is 2. The van der Waals surface area contributed by atoms with Gasteiger partial charge in [0.05, 0.1) is 18.8 Å². The van der Waals surface area contributed by atoms with Gasteiger partial charge in [0.2, 0.25) is 5.82 Å². The quantitative estimate of drug-likeness (QED) is 0.114. The number of nitrogens with one attached hydrogen (secondary N) is 1. The van der Waals surface area contributed by atoms with E-state index in [-0.39, 0.29) is 31.3 Å². The van der Waals surface area contributed by atoms with Crippen molar-refractivity contribution in [1.82, 2.24) is 15.1 Å². The summed E-state index contributed by atoms with van der Waals surface area (Å²) in [5.41, 5.74) is 2.69. The van der Waals surface area contributed by atoms with Gasteiger partial charge in [0.25, 0.3) is 5.91 Å². The van der Waals surface area contributed by atoms with Gasteiger partial charge in [0.15, 0.2) is 29.6 Å². The van der Waals surface area contributed by atoms with Crippen LogP contribution in [0.25, 0.3) is 0 Å². The SMILES string of the molecule is CC1C(CN2CCN(Cc3ccccc3)CC2)OC(c2ccc(CNC(=O)c3c(F)c(F)c(F)c(F)c3F)cc2)OC1c1ccc(CO)cc1. The fourth-order valence-electron chi connectivity index (χ4n) is 6.42. The molecule has 2 heterocycles. The Morgan fingerprint density at radius 1 is 0.720 bits per heavy atom. The zero-order valence-electron chi connectivity index (χ0n) is 27.4. The molecule has 0 spiro atoms. The number of halogens is 5. The molecule has 0 radical (unpaired) electrons. The number of hydrogen-bond acceptors (Lipinski definition) is 6. The van der Waals surface area contributed by atoms with Gasteiger partial charge in [0.1, 0.15) is 5.56 Å². The topological polar surface area (TPSA) is 74.3 Å². The molecule has 2 N–H and O–H groups in total. The summed E-state index contributed by atoms with van der Waals surface area (Å²) in [7, 11) is 0. The Bertz CT molecular complexity index is 1740. The average Bonchev–Trinajstić information content (AvgIpc) is 3.14. The normalized spacial score (nSPS) is 21.7. The van der Waals surface area contributed by atoms with Gasteiger partial charge in [-0.15, -0.1) is 0 Å². The van der Waals surface area contributed by atoms with Gasteiger partial charge < -0.3 is 19.9 Å². The molecule has 2 saturated heterocycles. The lowest BCUT2D eigenvalue weighted by molar-refractivity contribution is -0.276. The highest BCUT2D eigenvalue weighted by molar-refractivity contribution is 5.94. The number of carbonyl (C=O) groups is 1. The first-order valence-electron chi connectivity index (χ1n) is 16.5. The molecule has 0 aliphatic carbocycles. The van der Waals surface area contributed by atoms with Crippen LogP contribution in [-0.2, 0) is 29.2 Å². The number of carbonyl (C=O) groups excluding carboxylic acids is 1. The summed E-state index contributed by atoms with van der Waals surface area (Å²) in [4.78, 5) is 17.3. The highest BCUT2D eigenvalue weighted by Gasteiger charge is 2.39. The van der Waals surface area contributed by atoms with Crippen molar-refractivity contribution in [1.29, 1.82) is 0 Å². The zero-order chi connectivity index (χ0) is 35.4. The van der Waals surface area contributed by atoms with Crippen LogP contribution in [0, 0.1) is 35.0 Å². The number of rotatable bonds is 10. The van der Waals surface area contributed by atoms with E-state index < -0.39 is 46.8 Å². The molecule has 0 saturated carbocycles. The number of aliphatic hydroxyl groups is 1. The predicted molar refractivity (Wildman–Crippen MR) is 175 cm³/mol. The van der Waals surface area contributed by atoms with Crippen molar-refractivity contribution in [2.24, 2.45) is 5.92 Å². The molecule has 4 unspecified atom stereocenters. The maximum atomic E-state index is 14.1. The first kappa shape index (κ1) is 35.6. The van der Waals surface area contributed by atoms with Crippen molar-refractivity contribution in [2.75, 3.05) is 32.7 Å². The van der Waals surface area contributed by atoms with Crippen LogP contribution in [0.4, 0.5) is 22.0 Å². The summed E-state index contributed by atoms with van der Waals surface area (Å²) >= 11 is 0. The maximum absolute atomic E-state index is 14.1. The molecule has 4 atom stereocenters. The molecule has 2 fully saturated rings. The van der Waals surface area contributed by atoms with Crippen molar-refractivity contribution in [3.63, 3.8) is 0 Å². The van der Waals surface area contributed by atoms with E-state index in [2.05, 4.69) is 46.3 Å². The summed E-state index contributed by atoms with van der Waals surface area (Å²) in [5.74, 6) is -12.5. The molecule has 0 bridgehead atoms. The molecule has 2 aliphatic heterocycles. The summed E-state index contributed by atoms with van der Waals surface area (Å²) in [6.45, 7) is 7.07. The molecule has 12 heteroatoms. The van der Waals surface area contributed by atoms with E-state index in [1.165, 1.54) is 5.56 Å². The van der Waals surface area contributed by atoms with Crippen LogP contribution < -0.4 is 5.32 Å². The Balaban J connectivity index is 1.13. The lowest BCUT2D eigenvalue weighted by atomic mass is 9.90. The molecule has 4 aromatic rings. The lowest BCUT2D eigenvalue weighted by Gasteiger charge is -2.44. The molecule has 4 aromatic carbocycles. The standard InChI is InChI=1S/C38H38F5N3O4/c1-23-29(21-46-17-15-45(16-18-46)20-25-5-3-2-4-6-25)49-38(50-36(23)27-11-9-26(22-47)10-12-27)28-13-7-24(8-14-28)19-44-37(48)30-31(39)33(41)35(43)34(42)32(30)40/h2-14,23,29,36,38,47H,15-22H2,1H3,(H,44,48). The number of amides is 1. The molecule has 0 aromatic heterocycles. The predicted octanol–water partition coefficient (Wildman–Crippen LogP) is 6.41. The van der Waals surface area contributed by atoms with Crippen LogP contribution in [0.5, 0.6) is 0 Å². The molecular weight excluding hydrogens is 657 g/mol. The van der Waals surface area contributed by atoms with E-state index in [0.29, 0.717) is 17.7 Å². The second-order valence-corrected chi connectivity index (χ2v) is 12.8. The first-order chi connectivity index (χ1) is 24.1. The molecule has 1 amide bonds. The van der Waals surface area contributed by atoms with Crippen LogP contribution in [0.3, 0.4) is 0 Å². The minimum atomic E-state index is -2.33. The van der Waals surface area contributed by atoms with E-state index >= 15 is 0 Å². The molecule has 2 aliphatic rings. The summed E-state index contributed by atoms with van der Waals surface area (Å²) in [5, 5.41) is 11.8. The van der Waals surface area contributed by atoms with Crippen LogP contribution in [-0.4, -0.2) is 59.6 Å². The first-order valence-corrected chi connectivity index (χ1v) is 16.5. The zero-order valence-corrected chi connectivity index (χ0v) is 27.4. The van der Waals surface area contributed by atoms with E-state index in [0.717, 1.165) is 43.9 Å². The number of benzene rings is 4. The third kappa shape index (κ3) is 7.90. The van der Waals surface area contributed by atoms with Crippen molar-refractivity contribution < 1.29 is 41.3 Å². The van der Waals surface area contributed by atoms with Gasteiger partial charge in [-0.3, -0.25) is 14.6 Å². The smallest absolute Gasteiger partial charge is 0.257 e. The number of ether oxygens (including phenoxy) is 2. The van der Waals surface area contributed by atoms with Crippen LogP contribution in [0.15, 0.2) is 78.9 Å². The fraction of sp³-hybridized carbons (Fsp3) is 0.342. The van der Waals surface area contributed by atoms with E-state index in [1.54, 1.807) is 24.3 Å². The maximum Gasteiger partial charge on any atom is 0.257 e. The number of aliphatic hydroxyl groups excluding tert-OH is 1. The van der Waals surface area contributed by atoms with Gasteiger partial charge in [-0.05, 0) is 22.3 Å². The fourth-order valence-corrected chi connectivity index (χ4v) is 6.42. The van der Waals surface area contributed by atoms with Gasteiger partial charge in [0, 0.05) is 57.3 Å². The van der Waals surface area contributed by atoms with Crippen molar-refractivity contribution in [3.8, 4) is 0 Å².